The summed E-state index contributed by atoms with van der Waals surface area (Å²) in [6.45, 7) is 5.10. The molecule has 1 spiro atoms. The predicted molar refractivity (Wildman–Crippen MR) is 96.1 cm³/mol. The van der Waals surface area contributed by atoms with Crippen LogP contribution in [0.1, 0.15) is 36.5 Å². The van der Waals surface area contributed by atoms with Gasteiger partial charge in [0.15, 0.2) is 0 Å². The van der Waals surface area contributed by atoms with Crippen molar-refractivity contribution in [2.45, 2.75) is 44.4 Å². The molecule has 1 aromatic heterocycles. The fourth-order valence-electron chi connectivity index (χ4n) is 4.21. The molecule has 3 nitrogen and oxygen atoms in total. The van der Waals surface area contributed by atoms with Crippen LogP contribution in [0.2, 0.25) is 5.02 Å². The minimum Gasteiger partial charge on any atom is -0.370 e. The van der Waals surface area contributed by atoms with Crippen LogP contribution in [0.3, 0.4) is 0 Å². The van der Waals surface area contributed by atoms with Crippen molar-refractivity contribution in [2.75, 3.05) is 13.2 Å². The Kier molecular flexibility index (Phi) is 4.33. The Morgan fingerprint density at radius 2 is 2.29 bits per heavy atom. The van der Waals surface area contributed by atoms with E-state index in [0.717, 1.165) is 44.0 Å². The van der Waals surface area contributed by atoms with Crippen molar-refractivity contribution in [3.05, 3.63) is 64.4 Å². The molecule has 4 heteroatoms. The van der Waals surface area contributed by atoms with Gasteiger partial charge in [-0.2, -0.15) is 0 Å². The van der Waals surface area contributed by atoms with Crippen molar-refractivity contribution < 1.29 is 4.74 Å². The summed E-state index contributed by atoms with van der Waals surface area (Å²) in [5, 5.41) is 0.809. The van der Waals surface area contributed by atoms with Crippen LogP contribution >= 0.6 is 11.6 Å². The highest BCUT2D eigenvalue weighted by atomic mass is 35.5. The van der Waals surface area contributed by atoms with E-state index >= 15 is 0 Å². The van der Waals surface area contributed by atoms with Gasteiger partial charge in [-0.3, -0.25) is 9.88 Å². The molecular weight excluding hydrogens is 320 g/mol. The summed E-state index contributed by atoms with van der Waals surface area (Å²) in [5.74, 6) is 0. The number of hydrogen-bond acceptors (Lipinski definition) is 3. The quantitative estimate of drug-likeness (QED) is 0.818. The molecule has 3 heterocycles. The number of hydrogen-bond donors (Lipinski definition) is 0. The molecule has 2 aromatic rings. The summed E-state index contributed by atoms with van der Waals surface area (Å²) in [6.07, 6.45) is 6.81. The SMILES string of the molecule is C[C@H]1C[C@@]2(CCN1Cc1cccnc1)OCCc1ccc(Cl)cc12. The number of pyridine rings is 1. The molecule has 2 atom stereocenters. The molecule has 0 aliphatic carbocycles. The molecule has 0 unspecified atom stereocenters. The van der Waals surface area contributed by atoms with Gasteiger partial charge in [0, 0.05) is 36.5 Å². The van der Waals surface area contributed by atoms with Gasteiger partial charge in [-0.05, 0) is 61.1 Å². The summed E-state index contributed by atoms with van der Waals surface area (Å²) in [6, 6.07) is 10.9. The zero-order chi connectivity index (χ0) is 16.6. The third-order valence-corrected chi connectivity index (χ3v) is 5.71. The van der Waals surface area contributed by atoms with Gasteiger partial charge >= 0.3 is 0 Å². The third kappa shape index (κ3) is 2.97. The maximum Gasteiger partial charge on any atom is 0.0961 e. The molecule has 2 aliphatic heterocycles. The third-order valence-electron chi connectivity index (χ3n) is 5.47. The Labute approximate surface area is 148 Å². The molecule has 0 N–H and O–H groups in total. The molecule has 1 saturated heterocycles. The molecule has 1 aromatic carbocycles. The van der Waals surface area contributed by atoms with Crippen molar-refractivity contribution in [1.29, 1.82) is 0 Å². The van der Waals surface area contributed by atoms with Gasteiger partial charge in [0.05, 0.1) is 12.2 Å². The molecular formula is C20H23ClN2O. The average molecular weight is 343 g/mol. The van der Waals surface area contributed by atoms with Crippen molar-refractivity contribution >= 4 is 11.6 Å². The molecule has 0 amide bonds. The van der Waals surface area contributed by atoms with Gasteiger partial charge in [-0.15, -0.1) is 0 Å². The highest BCUT2D eigenvalue weighted by Crippen LogP contribution is 2.44. The lowest BCUT2D eigenvalue weighted by atomic mass is 9.77. The summed E-state index contributed by atoms with van der Waals surface area (Å²) >= 11 is 6.28. The first-order chi connectivity index (χ1) is 11.7. The Bertz CT molecular complexity index is 721. The van der Waals surface area contributed by atoms with E-state index in [4.69, 9.17) is 16.3 Å². The largest absolute Gasteiger partial charge is 0.370 e. The second-order valence-corrected chi connectivity index (χ2v) is 7.47. The summed E-state index contributed by atoms with van der Waals surface area (Å²) in [5.41, 5.74) is 3.82. The molecule has 4 rings (SSSR count). The van der Waals surface area contributed by atoms with Crippen molar-refractivity contribution in [3.8, 4) is 0 Å². The second kappa shape index (κ2) is 6.47. The number of nitrogens with zero attached hydrogens (tertiary/aromatic N) is 2. The van der Waals surface area contributed by atoms with Crippen LogP contribution in [-0.4, -0.2) is 29.1 Å². The van der Waals surface area contributed by atoms with Gasteiger partial charge in [0.25, 0.3) is 0 Å². The maximum atomic E-state index is 6.36. The number of piperidine rings is 1. The first kappa shape index (κ1) is 16.1. The minimum absolute atomic E-state index is 0.163. The van der Waals surface area contributed by atoms with E-state index in [1.807, 2.05) is 24.5 Å². The van der Waals surface area contributed by atoms with Gasteiger partial charge in [-0.1, -0.05) is 23.7 Å². The van der Waals surface area contributed by atoms with Gasteiger partial charge < -0.3 is 4.74 Å². The van der Waals surface area contributed by atoms with Crippen molar-refractivity contribution in [3.63, 3.8) is 0 Å². The Hall–Kier alpha value is -1.42. The average Bonchev–Trinajstić information content (AvgIpc) is 2.59. The maximum absolute atomic E-state index is 6.36. The highest BCUT2D eigenvalue weighted by molar-refractivity contribution is 6.30. The lowest BCUT2D eigenvalue weighted by molar-refractivity contribution is -0.113. The van der Waals surface area contributed by atoms with Crippen LogP contribution in [0.15, 0.2) is 42.7 Å². The van der Waals surface area contributed by atoms with Gasteiger partial charge in [-0.25, -0.2) is 0 Å². The monoisotopic (exact) mass is 342 g/mol. The van der Waals surface area contributed by atoms with E-state index in [9.17, 15) is 0 Å². The fraction of sp³-hybridized carbons (Fsp3) is 0.450. The first-order valence-corrected chi connectivity index (χ1v) is 9.10. The minimum atomic E-state index is -0.163. The molecule has 0 bridgehead atoms. The predicted octanol–water partition coefficient (Wildman–Crippen LogP) is 4.19. The zero-order valence-corrected chi connectivity index (χ0v) is 14.8. The normalized spacial score (nSPS) is 27.2. The van der Waals surface area contributed by atoms with Gasteiger partial charge in [0.1, 0.15) is 0 Å². The van der Waals surface area contributed by atoms with Crippen molar-refractivity contribution in [1.82, 2.24) is 9.88 Å². The smallest absolute Gasteiger partial charge is 0.0961 e. The Balaban J connectivity index is 1.56. The van der Waals surface area contributed by atoms with Crippen LogP contribution in [-0.2, 0) is 23.3 Å². The molecule has 2 aliphatic rings. The number of aromatic nitrogens is 1. The number of halogens is 1. The van der Waals surface area contributed by atoms with E-state index in [1.54, 1.807) is 0 Å². The fourth-order valence-corrected chi connectivity index (χ4v) is 4.39. The first-order valence-electron chi connectivity index (χ1n) is 8.72. The van der Waals surface area contributed by atoms with E-state index in [2.05, 4.69) is 35.0 Å². The molecule has 126 valence electrons. The Morgan fingerprint density at radius 1 is 1.38 bits per heavy atom. The van der Waals surface area contributed by atoms with Crippen LogP contribution in [0.4, 0.5) is 0 Å². The van der Waals surface area contributed by atoms with E-state index in [0.29, 0.717) is 6.04 Å². The van der Waals surface area contributed by atoms with Crippen molar-refractivity contribution in [2.24, 2.45) is 0 Å². The molecule has 24 heavy (non-hydrogen) atoms. The number of ether oxygens (including phenoxy) is 1. The summed E-state index contributed by atoms with van der Waals surface area (Å²) in [4.78, 5) is 6.76. The molecule has 0 saturated carbocycles. The lowest BCUT2D eigenvalue weighted by Crippen LogP contribution is -2.50. The Morgan fingerprint density at radius 3 is 3.08 bits per heavy atom. The zero-order valence-electron chi connectivity index (χ0n) is 14.0. The number of benzene rings is 1. The van der Waals surface area contributed by atoms with Crippen LogP contribution in [0.25, 0.3) is 0 Å². The van der Waals surface area contributed by atoms with Crippen LogP contribution in [0, 0.1) is 0 Å². The lowest BCUT2D eigenvalue weighted by Gasteiger charge is -2.48. The number of fused-ring (bicyclic) bond motifs is 2. The van der Waals surface area contributed by atoms with Crippen LogP contribution < -0.4 is 0 Å². The molecule has 0 radical (unpaired) electrons. The topological polar surface area (TPSA) is 25.4 Å². The van der Waals surface area contributed by atoms with E-state index in [1.165, 1.54) is 16.7 Å². The second-order valence-electron chi connectivity index (χ2n) is 7.03. The number of rotatable bonds is 2. The number of likely N-dealkylation sites (tertiary alicyclic amines) is 1. The van der Waals surface area contributed by atoms with E-state index < -0.39 is 0 Å². The van der Waals surface area contributed by atoms with Crippen LogP contribution in [0.5, 0.6) is 0 Å². The summed E-state index contributed by atoms with van der Waals surface area (Å²) < 4.78 is 6.36. The summed E-state index contributed by atoms with van der Waals surface area (Å²) in [7, 11) is 0. The van der Waals surface area contributed by atoms with E-state index in [-0.39, 0.29) is 5.60 Å². The van der Waals surface area contributed by atoms with Gasteiger partial charge in [0.2, 0.25) is 0 Å². The standard InChI is InChI=1S/C20H23ClN2O/c1-15-12-20(7-9-23(15)14-16-3-2-8-22-13-16)19-11-18(21)5-4-17(19)6-10-24-20/h2-5,8,11,13,15H,6-7,9-10,12,14H2,1H3/t15-,20+/m0/s1. The highest BCUT2D eigenvalue weighted by Gasteiger charge is 2.43. The molecule has 1 fully saturated rings.